The average Bonchev–Trinajstić information content (AvgIpc) is 2.95. The van der Waals surface area contributed by atoms with Gasteiger partial charge in [-0.2, -0.15) is 0 Å². The summed E-state index contributed by atoms with van der Waals surface area (Å²) >= 11 is 3.38. The number of carbonyl (C=O) groups excluding carboxylic acids is 2. The maximum atomic E-state index is 12.9. The number of rotatable bonds is 3. The molecule has 0 aliphatic carbocycles. The molecule has 2 bridgehead atoms. The number of halogens is 1. The van der Waals surface area contributed by atoms with Crippen molar-refractivity contribution in [2.45, 2.75) is 31.3 Å². The van der Waals surface area contributed by atoms with E-state index in [0.29, 0.717) is 30.2 Å². The number of ether oxygens (including phenoxy) is 1. The molecule has 7 heteroatoms. The van der Waals surface area contributed by atoms with E-state index in [9.17, 15) is 9.59 Å². The Hall–Kier alpha value is -2.41. The molecule has 134 valence electrons. The molecule has 26 heavy (non-hydrogen) atoms. The van der Waals surface area contributed by atoms with Gasteiger partial charge in [0.2, 0.25) is 11.8 Å². The first-order chi connectivity index (χ1) is 12.6. The molecule has 2 amide bonds. The summed E-state index contributed by atoms with van der Waals surface area (Å²) in [5.74, 6) is 1.05. The molecule has 2 fully saturated rings. The molecule has 1 aromatic carbocycles. The zero-order valence-corrected chi connectivity index (χ0v) is 15.6. The fourth-order valence-electron chi connectivity index (χ4n) is 3.55. The smallest absolute Gasteiger partial charge is 0.255 e. The highest BCUT2D eigenvalue weighted by Crippen LogP contribution is 2.30. The van der Waals surface area contributed by atoms with Crippen LogP contribution in [0.5, 0.6) is 11.6 Å². The second kappa shape index (κ2) is 7.07. The summed E-state index contributed by atoms with van der Waals surface area (Å²) in [5, 5.41) is 2.88. The predicted molar refractivity (Wildman–Crippen MR) is 99.1 cm³/mol. The van der Waals surface area contributed by atoms with Crippen LogP contribution in [0.15, 0.2) is 47.1 Å². The van der Waals surface area contributed by atoms with Crippen LogP contribution in [0.2, 0.25) is 0 Å². The highest BCUT2D eigenvalue weighted by Gasteiger charge is 2.40. The molecule has 2 atom stereocenters. The summed E-state index contributed by atoms with van der Waals surface area (Å²) in [6, 6.07) is 10.9. The average molecular weight is 416 g/mol. The Morgan fingerprint density at radius 2 is 1.92 bits per heavy atom. The first-order valence-electron chi connectivity index (χ1n) is 8.59. The minimum absolute atomic E-state index is 0.0197. The summed E-state index contributed by atoms with van der Waals surface area (Å²) in [7, 11) is 0. The molecule has 1 N–H and O–H groups in total. The lowest BCUT2D eigenvalue weighted by Crippen LogP contribution is -2.42. The SMILES string of the molecule is O=C1C[C@H]2CC[C@@H](CN1)N2C(=O)c1ccc(Oc2ccc(Br)cc2)nc1. The summed E-state index contributed by atoms with van der Waals surface area (Å²) in [6.07, 6.45) is 3.72. The maximum Gasteiger partial charge on any atom is 0.255 e. The van der Waals surface area contributed by atoms with Gasteiger partial charge in [0.25, 0.3) is 5.91 Å². The summed E-state index contributed by atoms with van der Waals surface area (Å²) in [6.45, 7) is 0.527. The van der Waals surface area contributed by atoms with Gasteiger partial charge in [-0.25, -0.2) is 4.98 Å². The zero-order valence-electron chi connectivity index (χ0n) is 14.0. The molecule has 2 aromatic rings. The van der Waals surface area contributed by atoms with Crippen molar-refractivity contribution in [3.05, 3.63) is 52.6 Å². The van der Waals surface area contributed by atoms with Crippen LogP contribution in [-0.4, -0.2) is 40.3 Å². The fourth-order valence-corrected chi connectivity index (χ4v) is 3.82. The van der Waals surface area contributed by atoms with Crippen LogP contribution < -0.4 is 10.1 Å². The third kappa shape index (κ3) is 3.44. The number of pyridine rings is 1. The van der Waals surface area contributed by atoms with Crippen molar-refractivity contribution >= 4 is 27.7 Å². The van der Waals surface area contributed by atoms with E-state index in [-0.39, 0.29) is 23.9 Å². The van der Waals surface area contributed by atoms with Gasteiger partial charge >= 0.3 is 0 Å². The number of amides is 2. The highest BCUT2D eigenvalue weighted by molar-refractivity contribution is 9.10. The van der Waals surface area contributed by atoms with Gasteiger partial charge in [-0.05, 0) is 43.2 Å². The molecule has 1 aromatic heterocycles. The number of hydrogen-bond donors (Lipinski definition) is 1. The minimum Gasteiger partial charge on any atom is -0.439 e. The molecule has 2 aliphatic rings. The van der Waals surface area contributed by atoms with E-state index >= 15 is 0 Å². The van der Waals surface area contributed by atoms with Crippen molar-refractivity contribution in [2.24, 2.45) is 0 Å². The number of hydrogen-bond acceptors (Lipinski definition) is 4. The normalized spacial score (nSPS) is 21.9. The van der Waals surface area contributed by atoms with Gasteiger partial charge in [-0.1, -0.05) is 15.9 Å². The van der Waals surface area contributed by atoms with Crippen LogP contribution in [0.3, 0.4) is 0 Å². The van der Waals surface area contributed by atoms with E-state index < -0.39 is 0 Å². The van der Waals surface area contributed by atoms with Crippen LogP contribution in [-0.2, 0) is 4.79 Å². The Morgan fingerprint density at radius 1 is 1.15 bits per heavy atom. The van der Waals surface area contributed by atoms with Crippen molar-refractivity contribution in [1.29, 1.82) is 0 Å². The predicted octanol–water partition coefficient (Wildman–Crippen LogP) is 3.13. The van der Waals surface area contributed by atoms with Crippen LogP contribution in [0.1, 0.15) is 29.6 Å². The van der Waals surface area contributed by atoms with Gasteiger partial charge in [0.05, 0.1) is 5.56 Å². The van der Waals surface area contributed by atoms with Crippen molar-refractivity contribution in [2.75, 3.05) is 6.54 Å². The van der Waals surface area contributed by atoms with Gasteiger partial charge < -0.3 is 15.0 Å². The Kier molecular flexibility index (Phi) is 4.63. The minimum atomic E-state index is -0.0725. The van der Waals surface area contributed by atoms with Crippen LogP contribution in [0.4, 0.5) is 0 Å². The Morgan fingerprint density at radius 3 is 2.65 bits per heavy atom. The van der Waals surface area contributed by atoms with Crippen molar-refractivity contribution in [3.63, 3.8) is 0 Å². The van der Waals surface area contributed by atoms with Gasteiger partial charge in [0.1, 0.15) is 5.75 Å². The highest BCUT2D eigenvalue weighted by atomic mass is 79.9. The second-order valence-corrected chi connectivity index (χ2v) is 7.46. The lowest BCUT2D eigenvalue weighted by Gasteiger charge is -2.27. The van der Waals surface area contributed by atoms with Crippen molar-refractivity contribution in [1.82, 2.24) is 15.2 Å². The molecule has 6 nitrogen and oxygen atoms in total. The molecule has 4 rings (SSSR count). The van der Waals surface area contributed by atoms with E-state index in [1.54, 1.807) is 12.1 Å². The monoisotopic (exact) mass is 415 g/mol. The number of benzene rings is 1. The van der Waals surface area contributed by atoms with Crippen LogP contribution in [0, 0.1) is 0 Å². The van der Waals surface area contributed by atoms with Gasteiger partial charge in [0.15, 0.2) is 0 Å². The molecular weight excluding hydrogens is 398 g/mol. The lowest BCUT2D eigenvalue weighted by atomic mass is 10.1. The molecule has 3 heterocycles. The molecule has 0 radical (unpaired) electrons. The maximum absolute atomic E-state index is 12.9. The number of aromatic nitrogens is 1. The molecule has 2 saturated heterocycles. The van der Waals surface area contributed by atoms with Gasteiger partial charge in [0, 0.05) is 41.8 Å². The molecule has 0 saturated carbocycles. The molecule has 0 spiro atoms. The Labute approximate surface area is 159 Å². The van der Waals surface area contributed by atoms with E-state index in [4.69, 9.17) is 4.74 Å². The molecular formula is C19H18BrN3O3. The van der Waals surface area contributed by atoms with E-state index in [2.05, 4.69) is 26.2 Å². The zero-order chi connectivity index (χ0) is 18.1. The second-order valence-electron chi connectivity index (χ2n) is 6.55. The standard InChI is InChI=1S/C19H18BrN3O3/c20-13-2-6-16(7-3-13)26-18-8-1-12(10-22-18)19(25)23-14-4-5-15(23)11-21-17(24)9-14/h1-3,6-8,10,14-15H,4-5,9,11H2,(H,21,24)/t14-,15+/m1/s1. The third-order valence-corrected chi connectivity index (χ3v) is 5.36. The largest absolute Gasteiger partial charge is 0.439 e. The fraction of sp³-hybridized carbons (Fsp3) is 0.316. The molecule has 2 aliphatic heterocycles. The molecule has 0 unspecified atom stereocenters. The first kappa shape index (κ1) is 17.0. The summed E-state index contributed by atoms with van der Waals surface area (Å²) in [5.41, 5.74) is 0.513. The van der Waals surface area contributed by atoms with E-state index in [0.717, 1.165) is 17.3 Å². The van der Waals surface area contributed by atoms with Crippen LogP contribution in [0.25, 0.3) is 0 Å². The lowest BCUT2D eigenvalue weighted by molar-refractivity contribution is -0.121. The topological polar surface area (TPSA) is 71.5 Å². The first-order valence-corrected chi connectivity index (χ1v) is 9.38. The van der Waals surface area contributed by atoms with Gasteiger partial charge in [-0.15, -0.1) is 0 Å². The van der Waals surface area contributed by atoms with Crippen molar-refractivity contribution < 1.29 is 14.3 Å². The summed E-state index contributed by atoms with van der Waals surface area (Å²) < 4.78 is 6.66. The Balaban J connectivity index is 1.48. The quantitative estimate of drug-likeness (QED) is 0.835. The third-order valence-electron chi connectivity index (χ3n) is 4.83. The summed E-state index contributed by atoms with van der Waals surface area (Å²) in [4.78, 5) is 30.8. The number of nitrogens with zero attached hydrogens (tertiary/aromatic N) is 2. The Bertz CT molecular complexity index is 823. The number of carbonyl (C=O) groups is 2. The van der Waals surface area contributed by atoms with Crippen LogP contribution >= 0.6 is 15.9 Å². The van der Waals surface area contributed by atoms with E-state index in [1.165, 1.54) is 6.20 Å². The van der Waals surface area contributed by atoms with Gasteiger partial charge in [-0.3, -0.25) is 9.59 Å². The number of nitrogens with one attached hydrogen (secondary N) is 1. The number of fused-ring (bicyclic) bond motifs is 2. The van der Waals surface area contributed by atoms with E-state index in [1.807, 2.05) is 29.2 Å². The van der Waals surface area contributed by atoms with Crippen molar-refractivity contribution in [3.8, 4) is 11.6 Å².